The number of aryl methyl sites for hydroxylation is 1. The average molecular weight is 244 g/mol. The van der Waals surface area contributed by atoms with Crippen LogP contribution in [0.3, 0.4) is 0 Å². The highest BCUT2D eigenvalue weighted by Crippen LogP contribution is 2.65. The van der Waals surface area contributed by atoms with Crippen LogP contribution in [0.15, 0.2) is 6.20 Å². The average Bonchev–Trinajstić information content (AvgIpc) is 2.57. The third-order valence-electron chi connectivity index (χ3n) is 3.63. The number of aliphatic carboxylic acids is 1. The second kappa shape index (κ2) is 3.27. The number of aromatic nitrogens is 2. The Bertz CT molecular complexity index is 482. The molecule has 1 saturated carbocycles. The van der Waals surface area contributed by atoms with Crippen LogP contribution in [0, 0.1) is 5.41 Å². The maximum absolute atomic E-state index is 12.8. The zero-order chi connectivity index (χ0) is 13.0. The number of carboxylic acid groups (broad SMARTS) is 1. The Balaban J connectivity index is 2.57. The van der Waals surface area contributed by atoms with Gasteiger partial charge in [-0.3, -0.25) is 9.48 Å². The predicted octanol–water partition coefficient (Wildman–Crippen LogP) is 2.11. The van der Waals surface area contributed by atoms with Gasteiger partial charge in [-0.05, 0) is 11.8 Å². The predicted molar refractivity (Wildman–Crippen MR) is 55.9 cm³/mol. The number of carboxylic acids is 1. The third kappa shape index (κ3) is 1.46. The van der Waals surface area contributed by atoms with Crippen LogP contribution < -0.4 is 0 Å². The molecule has 4 nitrogen and oxygen atoms in total. The molecule has 17 heavy (non-hydrogen) atoms. The zero-order valence-electron chi connectivity index (χ0n) is 9.87. The highest BCUT2D eigenvalue weighted by atomic mass is 19.3. The summed E-state index contributed by atoms with van der Waals surface area (Å²) in [6, 6.07) is 0. The number of rotatable bonds is 3. The lowest BCUT2D eigenvalue weighted by atomic mass is 9.88. The lowest BCUT2D eigenvalue weighted by Crippen LogP contribution is -2.26. The molecule has 0 amide bonds. The molecule has 1 aliphatic rings. The maximum Gasteiger partial charge on any atom is 0.314 e. The molecule has 94 valence electrons. The molecule has 1 heterocycles. The van der Waals surface area contributed by atoms with Crippen molar-refractivity contribution in [2.45, 2.75) is 32.1 Å². The minimum absolute atomic E-state index is 0.146. The summed E-state index contributed by atoms with van der Waals surface area (Å²) >= 11 is 0. The minimum atomic E-state index is -2.75. The van der Waals surface area contributed by atoms with Gasteiger partial charge in [-0.25, -0.2) is 8.78 Å². The van der Waals surface area contributed by atoms with Crippen molar-refractivity contribution in [3.8, 4) is 0 Å². The van der Waals surface area contributed by atoms with E-state index in [-0.39, 0.29) is 5.56 Å². The quantitative estimate of drug-likeness (QED) is 0.885. The second-order valence-electron chi connectivity index (χ2n) is 5.17. The fourth-order valence-corrected chi connectivity index (χ4v) is 2.55. The van der Waals surface area contributed by atoms with Gasteiger partial charge in [0, 0.05) is 18.8 Å². The largest absolute Gasteiger partial charge is 0.481 e. The molecule has 1 aromatic heterocycles. The van der Waals surface area contributed by atoms with E-state index >= 15 is 0 Å². The van der Waals surface area contributed by atoms with Gasteiger partial charge in [0.25, 0.3) is 6.43 Å². The lowest BCUT2D eigenvalue weighted by Gasteiger charge is -2.15. The zero-order valence-corrected chi connectivity index (χ0v) is 9.87. The highest BCUT2D eigenvalue weighted by Gasteiger charge is 2.69. The summed E-state index contributed by atoms with van der Waals surface area (Å²) in [5.41, 5.74) is -1.99. The minimum Gasteiger partial charge on any atom is -0.481 e. The van der Waals surface area contributed by atoms with Gasteiger partial charge in [0.05, 0.1) is 0 Å². The highest BCUT2D eigenvalue weighted by molar-refractivity contribution is 5.87. The van der Waals surface area contributed by atoms with Gasteiger partial charge < -0.3 is 5.11 Å². The van der Waals surface area contributed by atoms with Crippen LogP contribution in [0.2, 0.25) is 0 Å². The Labute approximate surface area is 97.2 Å². The first-order valence-electron chi connectivity index (χ1n) is 5.28. The number of halogens is 2. The molecule has 0 saturated heterocycles. The van der Waals surface area contributed by atoms with Crippen molar-refractivity contribution in [3.05, 3.63) is 17.5 Å². The first-order chi connectivity index (χ1) is 7.72. The van der Waals surface area contributed by atoms with Gasteiger partial charge in [-0.1, -0.05) is 13.8 Å². The van der Waals surface area contributed by atoms with E-state index in [1.54, 1.807) is 13.8 Å². The summed E-state index contributed by atoms with van der Waals surface area (Å²) in [7, 11) is 1.51. The topological polar surface area (TPSA) is 55.1 Å². The number of hydrogen-bond acceptors (Lipinski definition) is 2. The standard InChI is InChI=1S/C11H14F2N2O2/c1-10(2)5-11(10,9(16)17)6-4-15(3)14-7(6)8(12)13/h4,8H,5H2,1-3H3,(H,16,17). The summed E-state index contributed by atoms with van der Waals surface area (Å²) in [6.07, 6.45) is -0.996. The number of nitrogens with zero attached hydrogens (tertiary/aromatic N) is 2. The van der Waals surface area contributed by atoms with Crippen LogP contribution in [0.1, 0.15) is 38.0 Å². The molecule has 0 spiro atoms. The SMILES string of the molecule is Cn1cc(C2(C(=O)O)CC2(C)C)c(C(F)F)n1. The fraction of sp³-hybridized carbons (Fsp3) is 0.636. The summed E-state index contributed by atoms with van der Waals surface area (Å²) in [6.45, 7) is 3.53. The molecule has 0 aromatic carbocycles. The molecule has 1 unspecified atom stereocenters. The molecule has 6 heteroatoms. The first kappa shape index (κ1) is 12.0. The van der Waals surface area contributed by atoms with E-state index in [0.29, 0.717) is 6.42 Å². The summed E-state index contributed by atoms with van der Waals surface area (Å²) in [4.78, 5) is 11.4. The number of alkyl halides is 2. The van der Waals surface area contributed by atoms with Crippen LogP contribution in [-0.4, -0.2) is 20.9 Å². The molecule has 1 aliphatic carbocycles. The first-order valence-corrected chi connectivity index (χ1v) is 5.28. The van der Waals surface area contributed by atoms with E-state index < -0.39 is 28.9 Å². The van der Waals surface area contributed by atoms with Crippen LogP contribution in [-0.2, 0) is 17.3 Å². The van der Waals surface area contributed by atoms with Gasteiger partial charge in [0.2, 0.25) is 0 Å². The van der Waals surface area contributed by atoms with Crippen molar-refractivity contribution in [2.75, 3.05) is 0 Å². The van der Waals surface area contributed by atoms with E-state index in [1.807, 2.05) is 0 Å². The Hall–Kier alpha value is -1.46. The molecule has 0 radical (unpaired) electrons. The maximum atomic E-state index is 12.8. The normalized spacial score (nSPS) is 26.2. The summed E-state index contributed by atoms with van der Waals surface area (Å²) < 4.78 is 26.9. The van der Waals surface area contributed by atoms with Crippen molar-refractivity contribution in [1.82, 2.24) is 9.78 Å². The van der Waals surface area contributed by atoms with Gasteiger partial charge >= 0.3 is 5.97 Å². The van der Waals surface area contributed by atoms with Crippen LogP contribution in [0.4, 0.5) is 8.78 Å². The van der Waals surface area contributed by atoms with Crippen LogP contribution in [0.25, 0.3) is 0 Å². The van der Waals surface area contributed by atoms with Crippen molar-refractivity contribution in [3.63, 3.8) is 0 Å². The fourth-order valence-electron chi connectivity index (χ4n) is 2.55. The van der Waals surface area contributed by atoms with E-state index in [0.717, 1.165) is 0 Å². The Morgan fingerprint density at radius 3 is 2.47 bits per heavy atom. The number of carbonyl (C=O) groups is 1. The molecule has 0 bridgehead atoms. The molecule has 1 atom stereocenters. The van der Waals surface area contributed by atoms with Gasteiger partial charge in [0.15, 0.2) is 0 Å². The summed E-state index contributed by atoms with van der Waals surface area (Å²) in [5.74, 6) is -1.06. The molecular weight excluding hydrogens is 230 g/mol. The van der Waals surface area contributed by atoms with Gasteiger partial charge in [-0.2, -0.15) is 5.10 Å². The lowest BCUT2D eigenvalue weighted by molar-refractivity contribution is -0.141. The Morgan fingerprint density at radius 2 is 2.12 bits per heavy atom. The van der Waals surface area contributed by atoms with Gasteiger partial charge in [0.1, 0.15) is 11.1 Å². The Morgan fingerprint density at radius 1 is 1.59 bits per heavy atom. The molecule has 2 rings (SSSR count). The van der Waals surface area contributed by atoms with Crippen molar-refractivity contribution < 1.29 is 18.7 Å². The second-order valence-corrected chi connectivity index (χ2v) is 5.17. The smallest absolute Gasteiger partial charge is 0.314 e. The molecule has 0 aliphatic heterocycles. The van der Waals surface area contributed by atoms with Crippen molar-refractivity contribution in [2.24, 2.45) is 12.5 Å². The monoisotopic (exact) mass is 244 g/mol. The van der Waals surface area contributed by atoms with Crippen LogP contribution in [0.5, 0.6) is 0 Å². The van der Waals surface area contributed by atoms with Gasteiger partial charge in [-0.15, -0.1) is 0 Å². The van der Waals surface area contributed by atoms with E-state index in [4.69, 9.17) is 0 Å². The molecule has 1 N–H and O–H groups in total. The van der Waals surface area contributed by atoms with E-state index in [9.17, 15) is 18.7 Å². The van der Waals surface area contributed by atoms with E-state index in [2.05, 4.69) is 5.10 Å². The Kier molecular flexibility index (Phi) is 2.31. The third-order valence-corrected chi connectivity index (χ3v) is 3.63. The van der Waals surface area contributed by atoms with Crippen molar-refractivity contribution >= 4 is 5.97 Å². The molecule has 1 aromatic rings. The number of hydrogen-bond donors (Lipinski definition) is 1. The van der Waals surface area contributed by atoms with Crippen molar-refractivity contribution in [1.29, 1.82) is 0 Å². The van der Waals surface area contributed by atoms with E-state index in [1.165, 1.54) is 17.9 Å². The molecular formula is C11H14F2N2O2. The van der Waals surface area contributed by atoms with Crippen LogP contribution >= 0.6 is 0 Å². The summed E-state index contributed by atoms with van der Waals surface area (Å²) in [5, 5.41) is 13.0. The molecule has 1 fully saturated rings.